The van der Waals surface area contributed by atoms with Crippen molar-refractivity contribution in [2.45, 2.75) is 25.2 Å². The average Bonchev–Trinajstić information content (AvgIpc) is 2.95. The van der Waals surface area contributed by atoms with Crippen LogP contribution in [0.25, 0.3) is 0 Å². The highest BCUT2D eigenvalue weighted by Gasteiger charge is 2.36. The Morgan fingerprint density at radius 3 is 2.64 bits per heavy atom. The number of hydrogen-bond acceptors (Lipinski definition) is 3. The number of carbonyl (C=O) groups is 2. The number of carbonyl (C=O) groups excluding carboxylic acids is 2. The van der Waals surface area contributed by atoms with Gasteiger partial charge >= 0.3 is 6.18 Å². The number of nitrogens with one attached hydrogen (secondary N) is 1. The number of halogens is 4. The number of benzene rings is 2. The molecule has 0 saturated carbocycles. The van der Waals surface area contributed by atoms with Crippen molar-refractivity contribution in [3.05, 3.63) is 65.0 Å². The van der Waals surface area contributed by atoms with Crippen molar-refractivity contribution in [2.24, 2.45) is 0 Å². The first-order valence-electron chi connectivity index (χ1n) is 8.37. The number of likely N-dealkylation sites (tertiary alicyclic amines) is 1. The molecular weight excluding hydrogens is 380 g/mol. The zero-order valence-electron chi connectivity index (χ0n) is 14.5. The first kappa shape index (κ1) is 19.7. The molecule has 5 nitrogen and oxygen atoms in total. The summed E-state index contributed by atoms with van der Waals surface area (Å²) in [5.41, 5.74) is -1.15. The maximum atomic E-state index is 13.3. The van der Waals surface area contributed by atoms with Gasteiger partial charge in [-0.15, -0.1) is 0 Å². The van der Waals surface area contributed by atoms with Gasteiger partial charge in [0.05, 0.1) is 17.2 Å². The van der Waals surface area contributed by atoms with Gasteiger partial charge in [0.25, 0.3) is 5.91 Å². The van der Waals surface area contributed by atoms with Crippen LogP contribution >= 0.6 is 0 Å². The molecule has 0 bridgehead atoms. The van der Waals surface area contributed by atoms with E-state index in [1.54, 1.807) is 0 Å². The fourth-order valence-electron chi connectivity index (χ4n) is 3.12. The second-order valence-electron chi connectivity index (χ2n) is 6.47. The zero-order chi connectivity index (χ0) is 20.5. The summed E-state index contributed by atoms with van der Waals surface area (Å²) in [6, 6.07) is 7.19. The molecule has 2 aromatic carbocycles. The van der Waals surface area contributed by atoms with Crippen molar-refractivity contribution in [3.63, 3.8) is 0 Å². The number of amides is 2. The Hall–Kier alpha value is -3.10. The minimum atomic E-state index is -4.54. The van der Waals surface area contributed by atoms with E-state index in [0.29, 0.717) is 0 Å². The molecule has 0 aromatic heterocycles. The summed E-state index contributed by atoms with van der Waals surface area (Å²) in [7, 11) is 0. The summed E-state index contributed by atoms with van der Waals surface area (Å²) in [4.78, 5) is 25.6. The third-order valence-corrected chi connectivity index (χ3v) is 4.44. The lowest BCUT2D eigenvalue weighted by Crippen LogP contribution is -2.37. The monoisotopic (exact) mass is 396 g/mol. The number of phenolic OH excluding ortho intramolecular Hbond substituents is 1. The summed E-state index contributed by atoms with van der Waals surface area (Å²) < 4.78 is 52.6. The highest BCUT2D eigenvalue weighted by atomic mass is 19.4. The summed E-state index contributed by atoms with van der Waals surface area (Å²) in [5.74, 6) is -2.31. The fourth-order valence-corrected chi connectivity index (χ4v) is 3.12. The maximum Gasteiger partial charge on any atom is 0.416 e. The van der Waals surface area contributed by atoms with E-state index >= 15 is 0 Å². The third-order valence-electron chi connectivity index (χ3n) is 4.44. The first-order chi connectivity index (χ1) is 13.1. The van der Waals surface area contributed by atoms with Crippen molar-refractivity contribution in [2.75, 3.05) is 6.54 Å². The molecule has 0 radical (unpaired) electrons. The van der Waals surface area contributed by atoms with Gasteiger partial charge in [0.2, 0.25) is 5.91 Å². The Balaban J connectivity index is 1.69. The first-order valence-corrected chi connectivity index (χ1v) is 8.37. The van der Waals surface area contributed by atoms with Crippen LogP contribution < -0.4 is 5.32 Å². The second-order valence-corrected chi connectivity index (χ2v) is 6.47. The lowest BCUT2D eigenvalue weighted by Gasteiger charge is -2.20. The zero-order valence-corrected chi connectivity index (χ0v) is 14.5. The maximum absolute atomic E-state index is 13.3. The van der Waals surface area contributed by atoms with Gasteiger partial charge in [0, 0.05) is 19.5 Å². The molecule has 1 fully saturated rings. The van der Waals surface area contributed by atoms with E-state index in [1.165, 1.54) is 23.1 Å². The van der Waals surface area contributed by atoms with Crippen LogP contribution in [0.4, 0.5) is 17.6 Å². The predicted molar refractivity (Wildman–Crippen MR) is 90.8 cm³/mol. The van der Waals surface area contributed by atoms with Crippen LogP contribution in [-0.2, 0) is 17.5 Å². The number of phenols is 1. The minimum Gasteiger partial charge on any atom is -0.507 e. The summed E-state index contributed by atoms with van der Waals surface area (Å²) in [6.45, 7) is -0.237. The van der Waals surface area contributed by atoms with Gasteiger partial charge in [-0.1, -0.05) is 18.2 Å². The molecule has 148 valence electrons. The van der Waals surface area contributed by atoms with Gasteiger partial charge < -0.3 is 15.3 Å². The van der Waals surface area contributed by atoms with Crippen LogP contribution in [0.2, 0.25) is 0 Å². The van der Waals surface area contributed by atoms with Crippen molar-refractivity contribution in [1.82, 2.24) is 10.2 Å². The Morgan fingerprint density at radius 1 is 1.21 bits per heavy atom. The van der Waals surface area contributed by atoms with Crippen LogP contribution in [0.5, 0.6) is 5.75 Å². The van der Waals surface area contributed by atoms with E-state index in [4.69, 9.17) is 0 Å². The molecular formula is C19H16F4N2O3. The van der Waals surface area contributed by atoms with Gasteiger partial charge in [-0.05, 0) is 29.8 Å². The lowest BCUT2D eigenvalue weighted by molar-refractivity contribution is -0.139. The Morgan fingerprint density at radius 2 is 1.93 bits per heavy atom. The number of rotatable bonds is 4. The molecule has 1 unspecified atom stereocenters. The number of nitrogens with zero attached hydrogens (tertiary/aromatic N) is 1. The molecule has 1 heterocycles. The molecule has 28 heavy (non-hydrogen) atoms. The van der Waals surface area contributed by atoms with Gasteiger partial charge in [0.15, 0.2) is 0 Å². The Labute approximate surface area is 157 Å². The molecule has 0 aliphatic carbocycles. The predicted octanol–water partition coefficient (Wildman–Crippen LogP) is 3.08. The standard InChI is InChI=1S/C19H16F4N2O3/c20-12-5-6-16(26)14(7-12)18(28)24-13-8-17(27)25(10-13)9-11-3-1-2-4-15(11)19(21,22)23/h1-7,13,26H,8-10H2,(H,24,28). The number of hydrogen-bond donors (Lipinski definition) is 2. The third kappa shape index (κ3) is 4.24. The smallest absolute Gasteiger partial charge is 0.416 e. The highest BCUT2D eigenvalue weighted by Crippen LogP contribution is 2.33. The average molecular weight is 396 g/mol. The van der Waals surface area contributed by atoms with E-state index in [0.717, 1.165) is 24.3 Å². The molecule has 2 N–H and O–H groups in total. The Bertz CT molecular complexity index is 914. The molecule has 2 amide bonds. The van der Waals surface area contributed by atoms with Gasteiger partial charge in [-0.3, -0.25) is 9.59 Å². The van der Waals surface area contributed by atoms with Gasteiger partial charge in [-0.2, -0.15) is 13.2 Å². The molecule has 0 spiro atoms. The minimum absolute atomic E-state index is 0.00679. The van der Waals surface area contributed by atoms with Crippen molar-refractivity contribution >= 4 is 11.8 Å². The molecule has 2 aromatic rings. The Kier molecular flexibility index (Phi) is 5.26. The van der Waals surface area contributed by atoms with Crippen LogP contribution in [0.3, 0.4) is 0 Å². The normalized spacial score (nSPS) is 17.1. The van der Waals surface area contributed by atoms with E-state index in [1.807, 2.05) is 0 Å². The molecule has 3 rings (SSSR count). The van der Waals surface area contributed by atoms with E-state index in [9.17, 15) is 32.3 Å². The topological polar surface area (TPSA) is 69.6 Å². The van der Waals surface area contributed by atoms with Gasteiger partial charge in [-0.25, -0.2) is 4.39 Å². The van der Waals surface area contributed by atoms with Crippen LogP contribution in [-0.4, -0.2) is 34.4 Å². The van der Waals surface area contributed by atoms with Crippen LogP contribution in [0.1, 0.15) is 27.9 Å². The quantitative estimate of drug-likeness (QED) is 0.781. The molecule has 1 saturated heterocycles. The molecule has 1 aliphatic rings. The summed E-state index contributed by atoms with van der Waals surface area (Å²) in [5, 5.41) is 12.2. The molecule has 1 atom stereocenters. The SMILES string of the molecule is O=C(NC1CC(=O)N(Cc2ccccc2C(F)(F)F)C1)c1cc(F)ccc1O. The van der Waals surface area contributed by atoms with E-state index in [2.05, 4.69) is 5.32 Å². The van der Waals surface area contributed by atoms with Crippen molar-refractivity contribution in [3.8, 4) is 5.75 Å². The lowest BCUT2D eigenvalue weighted by atomic mass is 10.1. The fraction of sp³-hybridized carbons (Fsp3) is 0.263. The number of alkyl halides is 3. The van der Waals surface area contributed by atoms with Crippen molar-refractivity contribution in [1.29, 1.82) is 0 Å². The molecule has 9 heteroatoms. The van der Waals surface area contributed by atoms with Crippen LogP contribution in [0.15, 0.2) is 42.5 Å². The van der Waals surface area contributed by atoms with E-state index in [-0.39, 0.29) is 30.6 Å². The summed E-state index contributed by atoms with van der Waals surface area (Å²) >= 11 is 0. The number of aromatic hydroxyl groups is 1. The highest BCUT2D eigenvalue weighted by molar-refractivity contribution is 5.97. The van der Waals surface area contributed by atoms with E-state index < -0.39 is 41.2 Å². The van der Waals surface area contributed by atoms with Gasteiger partial charge in [0.1, 0.15) is 11.6 Å². The second kappa shape index (κ2) is 7.49. The summed E-state index contributed by atoms with van der Waals surface area (Å²) in [6.07, 6.45) is -4.64. The molecule has 1 aliphatic heterocycles. The van der Waals surface area contributed by atoms with Crippen molar-refractivity contribution < 1.29 is 32.3 Å². The van der Waals surface area contributed by atoms with Crippen LogP contribution in [0, 0.1) is 5.82 Å². The largest absolute Gasteiger partial charge is 0.507 e.